The molecule has 0 aliphatic carbocycles. The maximum Gasteiger partial charge on any atom is 0.472 e. The van der Waals surface area contributed by atoms with Crippen molar-refractivity contribution in [2.45, 2.75) is 48.8 Å². The SMILES string of the molecule is [B][C@@H]1OC(COP(=O)(O)O[C@H]2C(CO)O[C@@H]([B])C2F)[C@H](OP(=O)(O)OC)C1F. The highest BCUT2D eigenvalue weighted by atomic mass is 31.2. The fraction of sp³-hybridized carbons (Fsp3) is 1.00. The molecule has 158 valence electrons. The molecule has 10 atom stereocenters. The molecular weight excluding hydrogens is 430 g/mol. The van der Waals surface area contributed by atoms with Gasteiger partial charge < -0.3 is 24.4 Å². The van der Waals surface area contributed by atoms with Crippen LogP contribution in [0.25, 0.3) is 0 Å². The Labute approximate surface area is 161 Å². The number of ether oxygens (including phenoxy) is 2. The number of phosphoric ester groups is 2. The number of hydrogen-bond donors (Lipinski definition) is 3. The van der Waals surface area contributed by atoms with Gasteiger partial charge in [0.2, 0.25) is 0 Å². The first kappa shape index (κ1) is 24.4. The van der Waals surface area contributed by atoms with E-state index < -0.39 is 77.6 Å². The molecule has 0 spiro atoms. The van der Waals surface area contributed by atoms with Gasteiger partial charge in [0.1, 0.15) is 52.5 Å². The van der Waals surface area contributed by atoms with Gasteiger partial charge in [-0.1, -0.05) is 0 Å². The van der Waals surface area contributed by atoms with E-state index in [4.69, 9.17) is 30.3 Å². The maximum atomic E-state index is 14.0. The zero-order chi connectivity index (χ0) is 21.3. The van der Waals surface area contributed by atoms with Gasteiger partial charge in [0.05, 0.1) is 25.2 Å². The number of rotatable bonds is 9. The Morgan fingerprint density at radius 2 is 1.43 bits per heavy atom. The molecule has 11 nitrogen and oxygen atoms in total. The van der Waals surface area contributed by atoms with Crippen molar-refractivity contribution in [1.29, 1.82) is 0 Å². The van der Waals surface area contributed by atoms with E-state index in [-0.39, 0.29) is 0 Å². The standard InChI is InChI=1S/C11H18B2F2O11P2/c1-21-27(17,18)25-9-5(24-11(13)7(9)15)3-22-28(19,20)26-8-4(2-16)23-10(12)6(8)14/h4-11,16H,2-3H2,1H3,(H,17,18)(H,19,20)/t4?,5?,6?,7?,8-,9-,10+,11+/m0/s1. The van der Waals surface area contributed by atoms with Crippen molar-refractivity contribution in [3.05, 3.63) is 0 Å². The molecular formula is C11H18B2F2O11P2. The van der Waals surface area contributed by atoms with E-state index >= 15 is 0 Å². The fourth-order valence-electron chi connectivity index (χ4n) is 2.57. The van der Waals surface area contributed by atoms with Gasteiger partial charge in [-0.05, 0) is 0 Å². The number of hydrogen-bond acceptors (Lipinski definition) is 9. The van der Waals surface area contributed by atoms with Crippen LogP contribution in [0.15, 0.2) is 0 Å². The van der Waals surface area contributed by atoms with Crippen LogP contribution in [0.1, 0.15) is 0 Å². The van der Waals surface area contributed by atoms with Gasteiger partial charge in [-0.3, -0.25) is 18.1 Å². The van der Waals surface area contributed by atoms with Crippen LogP contribution in [0.2, 0.25) is 0 Å². The number of phosphoric acid groups is 2. The Morgan fingerprint density at radius 3 is 1.93 bits per heavy atom. The molecule has 2 aliphatic heterocycles. The van der Waals surface area contributed by atoms with Crippen LogP contribution < -0.4 is 0 Å². The molecule has 2 saturated heterocycles. The van der Waals surface area contributed by atoms with Crippen LogP contribution in [0.5, 0.6) is 0 Å². The number of halogens is 2. The average Bonchev–Trinajstić information content (AvgIpc) is 3.04. The molecule has 4 radical (unpaired) electrons. The van der Waals surface area contributed by atoms with Crippen LogP contribution in [-0.4, -0.2) is 99.7 Å². The minimum Gasteiger partial charge on any atom is -0.394 e. The highest BCUT2D eigenvalue weighted by Crippen LogP contribution is 2.50. The van der Waals surface area contributed by atoms with Gasteiger partial charge in [0, 0.05) is 7.11 Å². The highest BCUT2D eigenvalue weighted by Gasteiger charge is 2.49. The molecule has 0 aromatic heterocycles. The van der Waals surface area contributed by atoms with Gasteiger partial charge in [0.15, 0.2) is 0 Å². The first-order valence-electron chi connectivity index (χ1n) is 7.84. The Hall–Kier alpha value is 0.0899. The van der Waals surface area contributed by atoms with Gasteiger partial charge in [-0.2, -0.15) is 0 Å². The fourth-order valence-corrected chi connectivity index (χ4v) is 4.18. The predicted molar refractivity (Wildman–Crippen MR) is 88.1 cm³/mol. The third-order valence-corrected chi connectivity index (χ3v) is 5.93. The topological polar surface area (TPSA) is 150 Å². The molecule has 6 unspecified atom stereocenters. The zero-order valence-corrected chi connectivity index (χ0v) is 16.2. The summed E-state index contributed by atoms with van der Waals surface area (Å²) in [6.45, 7) is -1.63. The van der Waals surface area contributed by atoms with Crippen LogP contribution in [-0.2, 0) is 36.7 Å². The molecule has 3 N–H and O–H groups in total. The lowest BCUT2D eigenvalue weighted by Crippen LogP contribution is -2.35. The number of alkyl halides is 2. The first-order valence-corrected chi connectivity index (χ1v) is 10.8. The Kier molecular flexibility index (Phi) is 8.25. The molecule has 2 heterocycles. The molecule has 0 aromatic rings. The van der Waals surface area contributed by atoms with Crippen molar-refractivity contribution in [2.24, 2.45) is 0 Å². The van der Waals surface area contributed by atoms with E-state index in [0.29, 0.717) is 0 Å². The van der Waals surface area contributed by atoms with Crippen LogP contribution in [0, 0.1) is 0 Å². The highest BCUT2D eigenvalue weighted by molar-refractivity contribution is 7.47. The summed E-state index contributed by atoms with van der Waals surface area (Å²) < 4.78 is 79.4. The van der Waals surface area contributed by atoms with E-state index in [2.05, 4.69) is 18.1 Å². The van der Waals surface area contributed by atoms with Gasteiger partial charge in [-0.15, -0.1) is 0 Å². The predicted octanol–water partition coefficient (Wildman–Crippen LogP) is -0.924. The van der Waals surface area contributed by atoms with Gasteiger partial charge in [-0.25, -0.2) is 17.9 Å². The van der Waals surface area contributed by atoms with E-state index in [9.17, 15) is 27.7 Å². The second-order valence-electron chi connectivity index (χ2n) is 5.91. The maximum absolute atomic E-state index is 14.0. The number of aliphatic hydroxyl groups excluding tert-OH is 1. The zero-order valence-electron chi connectivity index (χ0n) is 14.4. The van der Waals surface area contributed by atoms with Crippen molar-refractivity contribution in [2.75, 3.05) is 20.3 Å². The van der Waals surface area contributed by atoms with Gasteiger partial charge >= 0.3 is 15.6 Å². The van der Waals surface area contributed by atoms with E-state index in [0.717, 1.165) is 7.11 Å². The minimum atomic E-state index is -4.98. The molecule has 2 fully saturated rings. The third kappa shape index (κ3) is 5.83. The van der Waals surface area contributed by atoms with E-state index in [1.54, 1.807) is 0 Å². The molecule has 0 bridgehead atoms. The van der Waals surface area contributed by atoms with Crippen molar-refractivity contribution in [3.63, 3.8) is 0 Å². The van der Waals surface area contributed by atoms with Crippen molar-refractivity contribution >= 4 is 31.3 Å². The largest absolute Gasteiger partial charge is 0.472 e. The molecule has 0 saturated carbocycles. The summed E-state index contributed by atoms with van der Waals surface area (Å²) in [7, 11) is 1.85. The molecule has 17 heteroatoms. The van der Waals surface area contributed by atoms with Crippen molar-refractivity contribution < 1.29 is 60.4 Å². The third-order valence-electron chi connectivity index (χ3n) is 3.97. The molecule has 0 amide bonds. The summed E-state index contributed by atoms with van der Waals surface area (Å²) in [5.41, 5.74) is 0. The van der Waals surface area contributed by atoms with Crippen LogP contribution in [0.4, 0.5) is 8.78 Å². The van der Waals surface area contributed by atoms with Crippen LogP contribution >= 0.6 is 15.6 Å². The summed E-state index contributed by atoms with van der Waals surface area (Å²) >= 11 is 0. The van der Waals surface area contributed by atoms with Crippen molar-refractivity contribution in [3.8, 4) is 0 Å². The Balaban J connectivity index is 2.00. The lowest BCUT2D eigenvalue weighted by molar-refractivity contribution is -0.0283. The lowest BCUT2D eigenvalue weighted by atomic mass is 9.94. The molecule has 2 rings (SSSR count). The average molecular weight is 448 g/mol. The summed E-state index contributed by atoms with van der Waals surface area (Å²) in [5, 5.41) is 9.10. The molecule has 0 aromatic carbocycles. The van der Waals surface area contributed by atoms with Gasteiger partial charge in [0.25, 0.3) is 0 Å². The molecule has 28 heavy (non-hydrogen) atoms. The summed E-state index contributed by atoms with van der Waals surface area (Å²) in [5.74, 6) is 0. The second kappa shape index (κ2) is 9.49. The summed E-state index contributed by atoms with van der Waals surface area (Å²) in [4.78, 5) is 19.1. The lowest BCUT2D eigenvalue weighted by Gasteiger charge is -2.24. The summed E-state index contributed by atoms with van der Waals surface area (Å²) in [6, 6.07) is -3.07. The number of aliphatic hydroxyl groups is 1. The smallest absolute Gasteiger partial charge is 0.394 e. The second-order valence-corrected chi connectivity index (χ2v) is 8.82. The minimum absolute atomic E-state index is 0.748. The quantitative estimate of drug-likeness (QED) is 0.297. The first-order chi connectivity index (χ1) is 12.9. The van der Waals surface area contributed by atoms with E-state index in [1.807, 2.05) is 0 Å². The Bertz CT molecular complexity index is 633. The monoisotopic (exact) mass is 448 g/mol. The van der Waals surface area contributed by atoms with E-state index in [1.165, 1.54) is 0 Å². The van der Waals surface area contributed by atoms with Crippen molar-refractivity contribution in [1.82, 2.24) is 0 Å². The summed E-state index contributed by atoms with van der Waals surface area (Å²) in [6.07, 6.45) is -10.4. The molecule has 2 aliphatic rings. The normalized spacial score (nSPS) is 42.9. The van der Waals surface area contributed by atoms with Crippen LogP contribution in [0.3, 0.4) is 0 Å². The Morgan fingerprint density at radius 1 is 0.964 bits per heavy atom.